The largest absolute Gasteiger partial charge is 0.707 e. The number of rotatable bonds is 4. The van der Waals surface area contributed by atoms with Crippen LogP contribution in [0.25, 0.3) is 0 Å². The molecule has 8 heteroatoms. The van der Waals surface area contributed by atoms with Crippen molar-refractivity contribution in [1.82, 2.24) is 14.9 Å². The van der Waals surface area contributed by atoms with Gasteiger partial charge in [-0.15, -0.1) is 0 Å². The predicted molar refractivity (Wildman–Crippen MR) is 69.7 cm³/mol. The van der Waals surface area contributed by atoms with Crippen LogP contribution in [0.4, 0.5) is 5.95 Å². The van der Waals surface area contributed by atoms with Crippen LogP contribution in [0.2, 0.25) is 0 Å². The maximum atomic E-state index is 8.67. The Morgan fingerprint density at radius 3 is 2.26 bits per heavy atom. The second kappa shape index (κ2) is 5.32. The maximum Gasteiger partial charge on any atom is 0.707 e. The van der Waals surface area contributed by atoms with Gasteiger partial charge in [0.25, 0.3) is 0 Å². The second-order valence-corrected chi connectivity index (χ2v) is 4.92. The Balaban J connectivity index is 1.57. The summed E-state index contributed by atoms with van der Waals surface area (Å²) in [5.41, 5.74) is 0. The Bertz CT molecular complexity index is 418. The van der Waals surface area contributed by atoms with Crippen LogP contribution in [-0.2, 0) is 0 Å². The lowest BCUT2D eigenvalue weighted by atomic mass is 10.2. The fourth-order valence-corrected chi connectivity index (χ4v) is 2.38. The minimum absolute atomic E-state index is 0.246. The van der Waals surface area contributed by atoms with Gasteiger partial charge in [-0.2, -0.15) is 0 Å². The van der Waals surface area contributed by atoms with Crippen molar-refractivity contribution in [2.24, 2.45) is 0 Å². The zero-order chi connectivity index (χ0) is 13.2. The highest BCUT2D eigenvalue weighted by molar-refractivity contribution is 6.33. The van der Waals surface area contributed by atoms with Gasteiger partial charge in [0.1, 0.15) is 5.75 Å². The minimum Gasteiger partial charge on any atom is -0.509 e. The lowest BCUT2D eigenvalue weighted by molar-refractivity contribution is 0.247. The molecule has 1 aromatic heterocycles. The molecule has 7 nitrogen and oxygen atoms in total. The van der Waals surface area contributed by atoms with E-state index in [-0.39, 0.29) is 5.75 Å². The lowest BCUT2D eigenvalue weighted by Crippen LogP contribution is -2.47. The Labute approximate surface area is 112 Å². The Morgan fingerprint density at radius 1 is 1.11 bits per heavy atom. The van der Waals surface area contributed by atoms with Gasteiger partial charge in [-0.25, -0.2) is 9.97 Å². The molecule has 1 aliphatic heterocycles. The second-order valence-electron chi connectivity index (χ2n) is 4.92. The zero-order valence-corrected chi connectivity index (χ0v) is 10.6. The highest BCUT2D eigenvalue weighted by Crippen LogP contribution is 2.28. The molecule has 2 fully saturated rings. The van der Waals surface area contributed by atoms with E-state index < -0.39 is 7.32 Å². The van der Waals surface area contributed by atoms with E-state index >= 15 is 0 Å². The maximum absolute atomic E-state index is 8.67. The molecule has 0 bridgehead atoms. The summed E-state index contributed by atoms with van der Waals surface area (Å²) in [5.74, 6) is 0.908. The van der Waals surface area contributed by atoms with Crippen molar-refractivity contribution in [2.75, 3.05) is 31.1 Å². The average molecular weight is 264 g/mol. The molecule has 1 saturated carbocycles. The van der Waals surface area contributed by atoms with Crippen LogP contribution in [0, 0.1) is 0 Å². The standard InChI is InChI=1S/C11H17BN4O3/c17-12(18)19-10-7-13-11(14-8-10)16-5-3-15(4-6-16)9-1-2-9/h7-9,17-18H,1-6H2. The molecule has 2 heterocycles. The summed E-state index contributed by atoms with van der Waals surface area (Å²) in [5, 5.41) is 17.3. The first-order valence-electron chi connectivity index (χ1n) is 6.56. The van der Waals surface area contributed by atoms with Gasteiger partial charge < -0.3 is 19.6 Å². The monoisotopic (exact) mass is 264 g/mol. The van der Waals surface area contributed by atoms with Crippen molar-refractivity contribution in [1.29, 1.82) is 0 Å². The molecule has 1 saturated heterocycles. The quantitative estimate of drug-likeness (QED) is 0.682. The first kappa shape index (κ1) is 12.6. The third kappa shape index (κ3) is 3.15. The van der Waals surface area contributed by atoms with Crippen molar-refractivity contribution >= 4 is 13.3 Å². The van der Waals surface area contributed by atoms with E-state index in [0.717, 1.165) is 32.2 Å². The van der Waals surface area contributed by atoms with Crippen LogP contribution >= 0.6 is 0 Å². The summed E-state index contributed by atoms with van der Waals surface area (Å²) in [7, 11) is -1.84. The van der Waals surface area contributed by atoms with Crippen molar-refractivity contribution in [3.05, 3.63) is 12.4 Å². The molecular formula is C11H17BN4O3. The van der Waals surface area contributed by atoms with Crippen molar-refractivity contribution in [3.8, 4) is 5.75 Å². The van der Waals surface area contributed by atoms with Gasteiger partial charge in [0, 0.05) is 32.2 Å². The molecule has 1 aromatic rings. The molecule has 102 valence electrons. The Morgan fingerprint density at radius 2 is 1.74 bits per heavy atom. The third-order valence-corrected chi connectivity index (χ3v) is 3.52. The first-order chi connectivity index (χ1) is 9.22. The molecule has 2 aliphatic rings. The lowest BCUT2D eigenvalue weighted by Gasteiger charge is -2.34. The first-order valence-corrected chi connectivity index (χ1v) is 6.56. The van der Waals surface area contributed by atoms with Crippen LogP contribution in [0.15, 0.2) is 12.4 Å². The normalized spacial score (nSPS) is 20.4. The molecule has 0 atom stereocenters. The molecule has 3 rings (SSSR count). The van der Waals surface area contributed by atoms with Crippen LogP contribution in [0.5, 0.6) is 5.75 Å². The Kier molecular flexibility index (Phi) is 3.54. The molecule has 0 aromatic carbocycles. The van der Waals surface area contributed by atoms with E-state index in [1.807, 2.05) is 0 Å². The molecule has 0 amide bonds. The van der Waals surface area contributed by atoms with E-state index in [9.17, 15) is 0 Å². The van der Waals surface area contributed by atoms with Gasteiger partial charge in [0.15, 0.2) is 0 Å². The fraction of sp³-hybridized carbons (Fsp3) is 0.636. The topological polar surface area (TPSA) is 81.9 Å². The van der Waals surface area contributed by atoms with Crippen LogP contribution in [0.3, 0.4) is 0 Å². The van der Waals surface area contributed by atoms with Crippen LogP contribution in [-0.4, -0.2) is 64.5 Å². The summed E-state index contributed by atoms with van der Waals surface area (Å²) >= 11 is 0. The molecule has 0 spiro atoms. The predicted octanol–water partition coefficient (Wildman–Crippen LogP) is -0.891. The van der Waals surface area contributed by atoms with Gasteiger partial charge in [-0.05, 0) is 12.8 Å². The van der Waals surface area contributed by atoms with Gasteiger partial charge in [-0.3, -0.25) is 4.90 Å². The SMILES string of the molecule is OB(O)Oc1cnc(N2CCN(C3CC3)CC2)nc1. The van der Waals surface area contributed by atoms with Gasteiger partial charge >= 0.3 is 7.32 Å². The summed E-state index contributed by atoms with van der Waals surface area (Å²) in [4.78, 5) is 13.0. The smallest absolute Gasteiger partial charge is 0.509 e. The van der Waals surface area contributed by atoms with E-state index in [1.165, 1.54) is 25.2 Å². The minimum atomic E-state index is -1.84. The number of aromatic nitrogens is 2. The van der Waals surface area contributed by atoms with Crippen molar-refractivity contribution < 1.29 is 14.7 Å². The molecular weight excluding hydrogens is 247 g/mol. The van der Waals surface area contributed by atoms with Crippen LogP contribution in [0.1, 0.15) is 12.8 Å². The van der Waals surface area contributed by atoms with E-state index in [1.54, 1.807) is 0 Å². The molecule has 1 aliphatic carbocycles. The summed E-state index contributed by atoms with van der Waals surface area (Å²) < 4.78 is 4.67. The van der Waals surface area contributed by atoms with Gasteiger partial charge in [0.2, 0.25) is 5.95 Å². The van der Waals surface area contributed by atoms with Crippen molar-refractivity contribution in [3.63, 3.8) is 0 Å². The number of nitrogens with zero attached hydrogens (tertiary/aromatic N) is 4. The number of anilines is 1. The van der Waals surface area contributed by atoms with Gasteiger partial charge in [-0.1, -0.05) is 0 Å². The fourth-order valence-electron chi connectivity index (χ4n) is 2.38. The van der Waals surface area contributed by atoms with E-state index in [0.29, 0.717) is 5.95 Å². The number of hydrogen-bond donors (Lipinski definition) is 2. The van der Waals surface area contributed by atoms with E-state index in [4.69, 9.17) is 10.0 Å². The Hall–Kier alpha value is -1.38. The summed E-state index contributed by atoms with van der Waals surface area (Å²) in [6.07, 6.45) is 5.59. The van der Waals surface area contributed by atoms with Crippen molar-refractivity contribution in [2.45, 2.75) is 18.9 Å². The molecule has 19 heavy (non-hydrogen) atoms. The highest BCUT2D eigenvalue weighted by Gasteiger charge is 2.31. The third-order valence-electron chi connectivity index (χ3n) is 3.52. The number of hydrogen-bond acceptors (Lipinski definition) is 7. The highest BCUT2D eigenvalue weighted by atomic mass is 16.6. The average Bonchev–Trinajstić information content (AvgIpc) is 3.24. The number of piperazine rings is 1. The zero-order valence-electron chi connectivity index (χ0n) is 10.6. The summed E-state index contributed by atoms with van der Waals surface area (Å²) in [6, 6.07) is 0.810. The molecule has 0 unspecified atom stereocenters. The van der Waals surface area contributed by atoms with Gasteiger partial charge in [0.05, 0.1) is 12.4 Å². The van der Waals surface area contributed by atoms with E-state index in [2.05, 4.69) is 24.4 Å². The summed E-state index contributed by atoms with van der Waals surface area (Å²) in [6.45, 7) is 3.97. The van der Waals surface area contributed by atoms with Crippen LogP contribution < -0.4 is 9.55 Å². The molecule has 0 radical (unpaired) electrons. The molecule has 2 N–H and O–H groups in total.